The van der Waals surface area contributed by atoms with Crippen molar-refractivity contribution in [3.05, 3.63) is 71.3 Å². The number of carbonyl (C=O) groups excluding carboxylic acids is 2. The van der Waals surface area contributed by atoms with Crippen LogP contribution in [0.3, 0.4) is 0 Å². The quantitative estimate of drug-likeness (QED) is 0.800. The number of hydrogen-bond donors (Lipinski definition) is 2. The second-order valence-electron chi connectivity index (χ2n) is 7.24. The molecule has 0 aliphatic heterocycles. The molecule has 2 aromatic carbocycles. The van der Waals surface area contributed by atoms with Gasteiger partial charge < -0.3 is 10.6 Å². The molecule has 1 saturated carbocycles. The first-order valence-corrected chi connectivity index (χ1v) is 9.57. The third-order valence-corrected chi connectivity index (χ3v) is 5.01. The van der Waals surface area contributed by atoms with Crippen molar-refractivity contribution in [1.82, 2.24) is 10.6 Å². The summed E-state index contributed by atoms with van der Waals surface area (Å²) in [5, 5.41) is 6.02. The highest BCUT2D eigenvalue weighted by Gasteiger charge is 2.27. The SMILES string of the molecule is O=C(Cc1ccc(F)cc1)NC1CCCCC1NC(=O)Cc1ccc(F)cc1. The van der Waals surface area contributed by atoms with Gasteiger partial charge in [0.1, 0.15) is 11.6 Å². The predicted molar refractivity (Wildman–Crippen MR) is 103 cm³/mol. The number of amides is 2. The standard InChI is InChI=1S/C22H24F2N2O2/c23-17-9-5-15(6-10-17)13-21(27)25-19-3-1-2-4-20(19)26-22(28)14-16-7-11-18(24)12-8-16/h5-12,19-20H,1-4,13-14H2,(H,25,27)(H,26,28). The fourth-order valence-electron chi connectivity index (χ4n) is 3.57. The summed E-state index contributed by atoms with van der Waals surface area (Å²) in [6, 6.07) is 11.5. The molecule has 0 aromatic heterocycles. The van der Waals surface area contributed by atoms with E-state index in [4.69, 9.17) is 0 Å². The van der Waals surface area contributed by atoms with Gasteiger partial charge in [-0.1, -0.05) is 37.1 Å². The van der Waals surface area contributed by atoms with Gasteiger partial charge in [-0.15, -0.1) is 0 Å². The number of carbonyl (C=O) groups is 2. The van der Waals surface area contributed by atoms with Gasteiger partial charge in [0, 0.05) is 12.1 Å². The maximum Gasteiger partial charge on any atom is 0.224 e. The maximum atomic E-state index is 13.0. The van der Waals surface area contributed by atoms with Crippen molar-refractivity contribution >= 4 is 11.8 Å². The Kier molecular flexibility index (Phi) is 6.74. The Labute approximate surface area is 163 Å². The van der Waals surface area contributed by atoms with Crippen LogP contribution in [0.4, 0.5) is 8.78 Å². The summed E-state index contributed by atoms with van der Waals surface area (Å²) in [6.07, 6.45) is 3.94. The first kappa shape index (κ1) is 20.0. The minimum absolute atomic E-state index is 0.126. The number of nitrogens with one attached hydrogen (secondary N) is 2. The lowest BCUT2D eigenvalue weighted by atomic mass is 9.89. The molecule has 2 aromatic rings. The van der Waals surface area contributed by atoms with E-state index in [2.05, 4.69) is 10.6 Å². The summed E-state index contributed by atoms with van der Waals surface area (Å²) in [5.41, 5.74) is 1.48. The van der Waals surface area contributed by atoms with Crippen LogP contribution >= 0.6 is 0 Å². The molecule has 4 nitrogen and oxygen atoms in total. The molecular formula is C22H24F2N2O2. The Balaban J connectivity index is 1.54. The van der Waals surface area contributed by atoms with E-state index in [9.17, 15) is 18.4 Å². The Morgan fingerprint density at radius 3 is 1.43 bits per heavy atom. The second-order valence-corrected chi connectivity index (χ2v) is 7.24. The van der Waals surface area contributed by atoms with E-state index in [1.54, 1.807) is 24.3 Å². The van der Waals surface area contributed by atoms with Crippen LogP contribution in [0.2, 0.25) is 0 Å². The van der Waals surface area contributed by atoms with E-state index in [-0.39, 0.29) is 48.4 Å². The molecule has 0 radical (unpaired) electrons. The van der Waals surface area contributed by atoms with E-state index in [0.29, 0.717) is 0 Å². The minimum atomic E-state index is -0.333. The van der Waals surface area contributed by atoms with Crippen LogP contribution in [0.15, 0.2) is 48.5 Å². The van der Waals surface area contributed by atoms with E-state index < -0.39 is 0 Å². The molecule has 0 saturated heterocycles. The van der Waals surface area contributed by atoms with Crippen LogP contribution in [0, 0.1) is 11.6 Å². The lowest BCUT2D eigenvalue weighted by molar-refractivity contribution is -0.124. The molecule has 2 N–H and O–H groups in total. The highest BCUT2D eigenvalue weighted by Crippen LogP contribution is 2.19. The first-order chi connectivity index (χ1) is 13.5. The third kappa shape index (κ3) is 5.87. The number of halogens is 2. The average molecular weight is 386 g/mol. The van der Waals surface area contributed by atoms with E-state index in [1.165, 1.54) is 24.3 Å². The zero-order valence-corrected chi connectivity index (χ0v) is 15.6. The molecule has 2 atom stereocenters. The summed E-state index contributed by atoms with van der Waals surface area (Å²) >= 11 is 0. The van der Waals surface area contributed by atoms with Gasteiger partial charge in [-0.05, 0) is 48.2 Å². The highest BCUT2D eigenvalue weighted by atomic mass is 19.1. The molecule has 1 aliphatic carbocycles. The molecule has 1 aliphatic rings. The molecular weight excluding hydrogens is 362 g/mol. The van der Waals surface area contributed by atoms with E-state index in [1.807, 2.05) is 0 Å². The molecule has 148 valence electrons. The molecule has 0 spiro atoms. The summed E-state index contributed by atoms with van der Waals surface area (Å²) in [6.45, 7) is 0. The molecule has 3 rings (SSSR count). The fraction of sp³-hybridized carbons (Fsp3) is 0.364. The van der Waals surface area contributed by atoms with Gasteiger partial charge in [-0.25, -0.2) is 8.78 Å². The molecule has 2 unspecified atom stereocenters. The molecule has 2 amide bonds. The number of rotatable bonds is 6. The summed E-state index contributed by atoms with van der Waals surface area (Å²) in [4.78, 5) is 24.7. The molecule has 28 heavy (non-hydrogen) atoms. The van der Waals surface area contributed by atoms with Gasteiger partial charge >= 0.3 is 0 Å². The highest BCUT2D eigenvalue weighted by molar-refractivity contribution is 5.80. The van der Waals surface area contributed by atoms with Crippen LogP contribution in [-0.2, 0) is 22.4 Å². The molecule has 0 bridgehead atoms. The van der Waals surface area contributed by atoms with Crippen molar-refractivity contribution in [2.45, 2.75) is 50.6 Å². The van der Waals surface area contributed by atoms with Crippen molar-refractivity contribution in [1.29, 1.82) is 0 Å². The van der Waals surface area contributed by atoms with Gasteiger partial charge in [0.15, 0.2) is 0 Å². The van der Waals surface area contributed by atoms with E-state index in [0.717, 1.165) is 36.8 Å². The third-order valence-electron chi connectivity index (χ3n) is 5.01. The summed E-state index contributed by atoms with van der Waals surface area (Å²) in [5.74, 6) is -0.951. The number of benzene rings is 2. The lowest BCUT2D eigenvalue weighted by Gasteiger charge is -2.33. The van der Waals surface area contributed by atoms with Gasteiger partial charge in [-0.3, -0.25) is 9.59 Å². The monoisotopic (exact) mass is 386 g/mol. The average Bonchev–Trinajstić information content (AvgIpc) is 2.67. The van der Waals surface area contributed by atoms with Crippen molar-refractivity contribution < 1.29 is 18.4 Å². The first-order valence-electron chi connectivity index (χ1n) is 9.57. The van der Waals surface area contributed by atoms with Crippen LogP contribution in [-0.4, -0.2) is 23.9 Å². The Morgan fingerprint density at radius 1 is 0.714 bits per heavy atom. The van der Waals surface area contributed by atoms with Crippen molar-refractivity contribution in [2.24, 2.45) is 0 Å². The van der Waals surface area contributed by atoms with Gasteiger partial charge in [-0.2, -0.15) is 0 Å². The van der Waals surface area contributed by atoms with Gasteiger partial charge in [0.25, 0.3) is 0 Å². The minimum Gasteiger partial charge on any atom is -0.351 e. The predicted octanol–water partition coefficient (Wildman–Crippen LogP) is 3.29. The Hall–Kier alpha value is -2.76. The van der Waals surface area contributed by atoms with Crippen molar-refractivity contribution in [2.75, 3.05) is 0 Å². The Morgan fingerprint density at radius 2 is 1.07 bits per heavy atom. The van der Waals surface area contributed by atoms with Crippen LogP contribution < -0.4 is 10.6 Å². The van der Waals surface area contributed by atoms with Gasteiger partial charge in [0.2, 0.25) is 11.8 Å². The van der Waals surface area contributed by atoms with Crippen LogP contribution in [0.5, 0.6) is 0 Å². The summed E-state index contributed by atoms with van der Waals surface area (Å²) < 4.78 is 26.0. The van der Waals surface area contributed by atoms with Crippen LogP contribution in [0.1, 0.15) is 36.8 Å². The Bertz CT molecular complexity index is 737. The summed E-state index contributed by atoms with van der Waals surface area (Å²) in [7, 11) is 0. The van der Waals surface area contributed by atoms with E-state index >= 15 is 0 Å². The lowest BCUT2D eigenvalue weighted by Crippen LogP contribution is -2.53. The van der Waals surface area contributed by atoms with Gasteiger partial charge in [0.05, 0.1) is 12.8 Å². The van der Waals surface area contributed by atoms with Crippen LogP contribution in [0.25, 0.3) is 0 Å². The van der Waals surface area contributed by atoms with Crippen molar-refractivity contribution in [3.8, 4) is 0 Å². The number of hydrogen-bond acceptors (Lipinski definition) is 2. The zero-order chi connectivity index (χ0) is 19.9. The smallest absolute Gasteiger partial charge is 0.224 e. The topological polar surface area (TPSA) is 58.2 Å². The van der Waals surface area contributed by atoms with Crippen molar-refractivity contribution in [3.63, 3.8) is 0 Å². The second kappa shape index (κ2) is 9.44. The fourth-order valence-corrected chi connectivity index (χ4v) is 3.57. The molecule has 6 heteroatoms. The maximum absolute atomic E-state index is 13.0. The largest absolute Gasteiger partial charge is 0.351 e. The molecule has 1 fully saturated rings. The molecule has 0 heterocycles. The normalized spacial score (nSPS) is 19.1. The zero-order valence-electron chi connectivity index (χ0n) is 15.6.